The SMILES string of the molecule is CNC(C)CCCCC(NC(=O)[C@@H]1CCCN1C(=O)[C@H](N)Cc1ccccc1)C(=O)N[C@@H](C)C(=O)O. The molecule has 6 N–H and O–H groups in total. The van der Waals surface area contributed by atoms with Crippen LogP contribution in [-0.2, 0) is 25.6 Å². The Balaban J connectivity index is 2.03. The number of amides is 3. The summed E-state index contributed by atoms with van der Waals surface area (Å²) in [4.78, 5) is 51.8. The van der Waals surface area contributed by atoms with Gasteiger partial charge in [-0.05, 0) is 58.6 Å². The van der Waals surface area contributed by atoms with Crippen LogP contribution >= 0.6 is 0 Å². The number of likely N-dealkylation sites (tertiary alicyclic amines) is 1. The first-order valence-electron chi connectivity index (χ1n) is 12.7. The molecule has 2 unspecified atom stereocenters. The van der Waals surface area contributed by atoms with Crippen LogP contribution in [0, 0.1) is 0 Å². The molecule has 5 atom stereocenters. The first-order valence-corrected chi connectivity index (χ1v) is 12.7. The van der Waals surface area contributed by atoms with E-state index in [9.17, 15) is 19.2 Å². The number of nitrogens with zero attached hydrogens (tertiary/aromatic N) is 1. The van der Waals surface area contributed by atoms with E-state index in [2.05, 4.69) is 22.9 Å². The molecule has 1 heterocycles. The zero-order valence-electron chi connectivity index (χ0n) is 21.5. The zero-order valence-corrected chi connectivity index (χ0v) is 21.5. The van der Waals surface area contributed by atoms with E-state index in [0.717, 1.165) is 18.4 Å². The Kier molecular flexibility index (Phi) is 11.8. The first-order chi connectivity index (χ1) is 17.1. The molecule has 1 aromatic rings. The molecule has 1 aromatic carbocycles. The summed E-state index contributed by atoms with van der Waals surface area (Å²) in [5, 5.41) is 17.6. The van der Waals surface area contributed by atoms with Crippen molar-refractivity contribution in [2.45, 2.75) is 89.0 Å². The predicted octanol–water partition coefficient (Wildman–Crippen LogP) is 0.790. The van der Waals surface area contributed by atoms with Crippen LogP contribution in [0.4, 0.5) is 0 Å². The fourth-order valence-electron chi connectivity index (χ4n) is 4.33. The molecule has 1 aliphatic heterocycles. The Hall–Kier alpha value is -2.98. The van der Waals surface area contributed by atoms with Crippen LogP contribution in [0.25, 0.3) is 0 Å². The molecule has 0 bridgehead atoms. The van der Waals surface area contributed by atoms with E-state index in [4.69, 9.17) is 10.8 Å². The highest BCUT2D eigenvalue weighted by Crippen LogP contribution is 2.20. The first kappa shape index (κ1) is 29.3. The summed E-state index contributed by atoms with van der Waals surface area (Å²) in [6.45, 7) is 3.86. The van der Waals surface area contributed by atoms with Crippen molar-refractivity contribution in [1.82, 2.24) is 20.9 Å². The van der Waals surface area contributed by atoms with Gasteiger partial charge in [0, 0.05) is 12.6 Å². The Morgan fingerprint density at radius 3 is 2.39 bits per heavy atom. The van der Waals surface area contributed by atoms with Crippen LogP contribution in [-0.4, -0.2) is 77.5 Å². The Labute approximate surface area is 213 Å². The molecule has 10 heteroatoms. The van der Waals surface area contributed by atoms with Gasteiger partial charge in [-0.3, -0.25) is 19.2 Å². The molecule has 1 saturated heterocycles. The average molecular weight is 504 g/mol. The third-order valence-corrected chi connectivity index (χ3v) is 6.69. The number of carbonyl (C=O) groups excluding carboxylic acids is 3. The quantitative estimate of drug-likeness (QED) is 0.235. The van der Waals surface area contributed by atoms with Crippen molar-refractivity contribution in [3.8, 4) is 0 Å². The Morgan fingerprint density at radius 2 is 1.75 bits per heavy atom. The minimum atomic E-state index is -1.16. The normalized spacial score (nSPS) is 18.7. The number of carboxylic acid groups (broad SMARTS) is 1. The van der Waals surface area contributed by atoms with Gasteiger partial charge in [0.05, 0.1) is 6.04 Å². The highest BCUT2D eigenvalue weighted by molar-refractivity contribution is 5.94. The lowest BCUT2D eigenvalue weighted by atomic mass is 10.0. The molecule has 3 amide bonds. The summed E-state index contributed by atoms with van der Waals surface area (Å²) in [7, 11) is 1.88. The van der Waals surface area contributed by atoms with Gasteiger partial charge in [-0.25, -0.2) is 0 Å². The number of unbranched alkanes of at least 4 members (excludes halogenated alkanes) is 1. The second-order valence-corrected chi connectivity index (χ2v) is 9.59. The number of hydrogen-bond acceptors (Lipinski definition) is 6. The largest absolute Gasteiger partial charge is 0.480 e. The van der Waals surface area contributed by atoms with E-state index in [-0.39, 0.29) is 5.91 Å². The molecule has 200 valence electrons. The third-order valence-electron chi connectivity index (χ3n) is 6.69. The Bertz CT molecular complexity index is 881. The standard InChI is InChI=1S/C26H41N5O5/c1-17(28-3)10-7-8-13-21(23(32)29-18(2)26(35)36)30-24(33)22-14-9-15-31(22)25(34)20(27)16-19-11-5-4-6-12-19/h4-6,11-12,17-18,20-22,28H,7-10,13-16,27H2,1-3H3,(H,29,32)(H,30,33)(H,35,36)/t17?,18-,20+,21?,22-/m0/s1. The molecule has 2 rings (SSSR count). The number of nitrogens with one attached hydrogen (secondary N) is 3. The van der Waals surface area contributed by atoms with Gasteiger partial charge in [-0.15, -0.1) is 0 Å². The van der Waals surface area contributed by atoms with Gasteiger partial charge in [-0.2, -0.15) is 0 Å². The number of rotatable bonds is 14. The molecule has 0 aliphatic carbocycles. The van der Waals surface area contributed by atoms with Crippen molar-refractivity contribution < 1.29 is 24.3 Å². The highest BCUT2D eigenvalue weighted by Gasteiger charge is 2.37. The van der Waals surface area contributed by atoms with Gasteiger partial charge in [0.1, 0.15) is 18.1 Å². The summed E-state index contributed by atoms with van der Waals surface area (Å²) in [5.74, 6) is -2.41. The monoisotopic (exact) mass is 503 g/mol. The lowest BCUT2D eigenvalue weighted by Gasteiger charge is -2.28. The topological polar surface area (TPSA) is 154 Å². The van der Waals surface area contributed by atoms with Crippen molar-refractivity contribution in [1.29, 1.82) is 0 Å². The van der Waals surface area contributed by atoms with E-state index >= 15 is 0 Å². The summed E-state index contributed by atoms with van der Waals surface area (Å²) in [5.41, 5.74) is 7.13. The van der Waals surface area contributed by atoms with E-state index in [1.54, 1.807) is 0 Å². The zero-order chi connectivity index (χ0) is 26.7. The van der Waals surface area contributed by atoms with Crippen LogP contribution in [0.2, 0.25) is 0 Å². The summed E-state index contributed by atoms with van der Waals surface area (Å²) in [6, 6.07) is 6.34. The smallest absolute Gasteiger partial charge is 0.325 e. The highest BCUT2D eigenvalue weighted by atomic mass is 16.4. The van der Waals surface area contributed by atoms with Crippen LogP contribution in [0.1, 0.15) is 57.9 Å². The van der Waals surface area contributed by atoms with Crippen LogP contribution < -0.4 is 21.7 Å². The average Bonchev–Trinajstić information content (AvgIpc) is 3.35. The molecule has 0 saturated carbocycles. The van der Waals surface area contributed by atoms with Crippen LogP contribution in [0.3, 0.4) is 0 Å². The molecule has 1 fully saturated rings. The fraction of sp³-hybridized carbons (Fsp3) is 0.615. The van der Waals surface area contributed by atoms with Crippen LogP contribution in [0.5, 0.6) is 0 Å². The van der Waals surface area contributed by atoms with Crippen molar-refractivity contribution in [3.05, 3.63) is 35.9 Å². The van der Waals surface area contributed by atoms with Gasteiger partial charge in [-0.1, -0.05) is 43.2 Å². The number of benzene rings is 1. The van der Waals surface area contributed by atoms with Crippen molar-refractivity contribution in [3.63, 3.8) is 0 Å². The van der Waals surface area contributed by atoms with E-state index in [0.29, 0.717) is 44.7 Å². The number of aliphatic carboxylic acids is 1. The van der Waals surface area contributed by atoms with Crippen molar-refractivity contribution in [2.24, 2.45) is 5.73 Å². The van der Waals surface area contributed by atoms with Gasteiger partial charge < -0.3 is 31.7 Å². The molecule has 0 spiro atoms. The fourth-order valence-corrected chi connectivity index (χ4v) is 4.33. The number of carbonyl (C=O) groups is 4. The maximum Gasteiger partial charge on any atom is 0.325 e. The molecule has 10 nitrogen and oxygen atoms in total. The summed E-state index contributed by atoms with van der Waals surface area (Å²) in [6.07, 6.45) is 4.32. The summed E-state index contributed by atoms with van der Waals surface area (Å²) >= 11 is 0. The molecule has 1 aliphatic rings. The predicted molar refractivity (Wildman–Crippen MR) is 137 cm³/mol. The number of carboxylic acids is 1. The van der Waals surface area contributed by atoms with Crippen molar-refractivity contribution >= 4 is 23.7 Å². The molecule has 0 radical (unpaired) electrons. The van der Waals surface area contributed by atoms with Gasteiger partial charge >= 0.3 is 5.97 Å². The Morgan fingerprint density at radius 1 is 1.08 bits per heavy atom. The summed E-state index contributed by atoms with van der Waals surface area (Å²) < 4.78 is 0. The van der Waals surface area contributed by atoms with Gasteiger partial charge in [0.2, 0.25) is 17.7 Å². The lowest BCUT2D eigenvalue weighted by molar-refractivity contribution is -0.142. The minimum Gasteiger partial charge on any atom is -0.480 e. The molecule has 36 heavy (non-hydrogen) atoms. The van der Waals surface area contributed by atoms with Crippen molar-refractivity contribution in [2.75, 3.05) is 13.6 Å². The van der Waals surface area contributed by atoms with E-state index in [1.807, 2.05) is 37.4 Å². The second-order valence-electron chi connectivity index (χ2n) is 9.59. The maximum absolute atomic E-state index is 13.2. The number of nitrogens with two attached hydrogens (primary N) is 1. The van der Waals surface area contributed by atoms with Gasteiger partial charge in [0.25, 0.3) is 0 Å². The maximum atomic E-state index is 13.2. The van der Waals surface area contributed by atoms with Gasteiger partial charge in [0.15, 0.2) is 0 Å². The lowest BCUT2D eigenvalue weighted by Crippen LogP contribution is -2.56. The number of hydrogen-bond donors (Lipinski definition) is 5. The molecule has 0 aromatic heterocycles. The molecular weight excluding hydrogens is 462 g/mol. The van der Waals surface area contributed by atoms with Crippen LogP contribution in [0.15, 0.2) is 30.3 Å². The van der Waals surface area contributed by atoms with E-state index in [1.165, 1.54) is 11.8 Å². The molecular formula is C26H41N5O5. The third kappa shape index (κ3) is 8.91. The van der Waals surface area contributed by atoms with E-state index < -0.39 is 42.0 Å². The minimum absolute atomic E-state index is 0.293. The second kappa shape index (κ2) is 14.5.